The van der Waals surface area contributed by atoms with Crippen molar-refractivity contribution in [3.05, 3.63) is 38.7 Å². The van der Waals surface area contributed by atoms with Gasteiger partial charge in [0.2, 0.25) is 0 Å². The molecule has 2 aromatic rings. The number of nitrogens with one attached hydrogen (secondary N) is 1. The SMILES string of the molecule is CCNC(CCc1ccsc1)c1sccc1OC. The molecule has 98 valence electrons. The molecule has 0 aliphatic rings. The zero-order valence-electron chi connectivity index (χ0n) is 10.8. The molecule has 0 amide bonds. The quantitative estimate of drug-likeness (QED) is 0.825. The molecule has 0 fully saturated rings. The molecule has 0 aromatic carbocycles. The first-order valence-corrected chi connectivity index (χ1v) is 8.03. The first-order valence-electron chi connectivity index (χ1n) is 6.21. The van der Waals surface area contributed by atoms with Gasteiger partial charge in [-0.1, -0.05) is 6.92 Å². The molecular weight excluding hydrogens is 262 g/mol. The molecule has 1 atom stereocenters. The van der Waals surface area contributed by atoms with Crippen LogP contribution in [0.4, 0.5) is 0 Å². The number of aryl methyl sites for hydroxylation is 1. The molecular formula is C14H19NOS2. The van der Waals surface area contributed by atoms with Crippen LogP contribution in [0.25, 0.3) is 0 Å². The lowest BCUT2D eigenvalue weighted by atomic mass is 10.1. The standard InChI is InChI=1S/C14H19NOS2/c1-3-15-12(5-4-11-6-8-17-10-11)14-13(16-2)7-9-18-14/h6-10,12,15H,3-5H2,1-2H3. The molecule has 0 spiro atoms. The van der Waals surface area contributed by atoms with Gasteiger partial charge in [0.1, 0.15) is 5.75 Å². The van der Waals surface area contributed by atoms with Gasteiger partial charge in [-0.15, -0.1) is 11.3 Å². The molecule has 2 rings (SSSR count). The van der Waals surface area contributed by atoms with Crippen molar-refractivity contribution in [1.82, 2.24) is 5.32 Å². The Kier molecular flexibility index (Phi) is 5.23. The predicted octanol–water partition coefficient (Wildman–Crippen LogP) is 4.10. The Morgan fingerprint density at radius 2 is 2.22 bits per heavy atom. The Balaban J connectivity index is 2.03. The molecule has 4 heteroatoms. The van der Waals surface area contributed by atoms with Gasteiger partial charge in [-0.25, -0.2) is 0 Å². The zero-order chi connectivity index (χ0) is 12.8. The van der Waals surface area contributed by atoms with E-state index in [4.69, 9.17) is 4.74 Å². The Morgan fingerprint density at radius 1 is 1.33 bits per heavy atom. The number of thiophene rings is 2. The third-order valence-corrected chi connectivity index (χ3v) is 4.69. The summed E-state index contributed by atoms with van der Waals surface area (Å²) in [4.78, 5) is 1.31. The van der Waals surface area contributed by atoms with E-state index in [1.54, 1.807) is 29.8 Å². The van der Waals surface area contributed by atoms with Crippen molar-refractivity contribution in [2.24, 2.45) is 0 Å². The lowest BCUT2D eigenvalue weighted by Crippen LogP contribution is -2.21. The lowest BCUT2D eigenvalue weighted by Gasteiger charge is -2.17. The number of ether oxygens (including phenoxy) is 1. The van der Waals surface area contributed by atoms with Crippen molar-refractivity contribution in [3.63, 3.8) is 0 Å². The van der Waals surface area contributed by atoms with Gasteiger partial charge >= 0.3 is 0 Å². The first kappa shape index (κ1) is 13.6. The van der Waals surface area contributed by atoms with Gasteiger partial charge in [0.15, 0.2) is 0 Å². The minimum Gasteiger partial charge on any atom is -0.496 e. The van der Waals surface area contributed by atoms with Crippen LogP contribution in [0.15, 0.2) is 28.3 Å². The molecule has 0 aliphatic heterocycles. The van der Waals surface area contributed by atoms with Crippen molar-refractivity contribution < 1.29 is 4.74 Å². The van der Waals surface area contributed by atoms with Gasteiger partial charge < -0.3 is 10.1 Å². The van der Waals surface area contributed by atoms with Crippen LogP contribution >= 0.6 is 22.7 Å². The van der Waals surface area contributed by atoms with Crippen molar-refractivity contribution in [1.29, 1.82) is 0 Å². The van der Waals surface area contributed by atoms with Gasteiger partial charge in [-0.3, -0.25) is 0 Å². The molecule has 0 aliphatic carbocycles. The van der Waals surface area contributed by atoms with Crippen molar-refractivity contribution >= 4 is 22.7 Å². The fourth-order valence-corrected chi connectivity index (χ4v) is 3.72. The molecule has 0 radical (unpaired) electrons. The number of methoxy groups -OCH3 is 1. The van der Waals surface area contributed by atoms with Gasteiger partial charge in [0.05, 0.1) is 12.0 Å². The maximum Gasteiger partial charge on any atom is 0.134 e. The highest BCUT2D eigenvalue weighted by molar-refractivity contribution is 7.10. The normalized spacial score (nSPS) is 12.6. The first-order chi connectivity index (χ1) is 8.85. The summed E-state index contributed by atoms with van der Waals surface area (Å²) < 4.78 is 5.42. The summed E-state index contributed by atoms with van der Waals surface area (Å²) >= 11 is 3.54. The van der Waals surface area contributed by atoms with E-state index in [2.05, 4.69) is 40.5 Å². The molecule has 18 heavy (non-hydrogen) atoms. The summed E-state index contributed by atoms with van der Waals surface area (Å²) in [5.41, 5.74) is 1.43. The third kappa shape index (κ3) is 3.34. The van der Waals surface area contributed by atoms with Crippen LogP contribution in [-0.4, -0.2) is 13.7 Å². The van der Waals surface area contributed by atoms with Gasteiger partial charge in [-0.05, 0) is 53.2 Å². The van der Waals surface area contributed by atoms with E-state index in [0.29, 0.717) is 6.04 Å². The highest BCUT2D eigenvalue weighted by Gasteiger charge is 2.16. The van der Waals surface area contributed by atoms with E-state index in [1.807, 2.05) is 0 Å². The largest absolute Gasteiger partial charge is 0.496 e. The number of hydrogen-bond donors (Lipinski definition) is 1. The summed E-state index contributed by atoms with van der Waals surface area (Å²) in [7, 11) is 1.74. The molecule has 0 bridgehead atoms. The van der Waals surface area contributed by atoms with Gasteiger partial charge in [-0.2, -0.15) is 11.3 Å². The zero-order valence-corrected chi connectivity index (χ0v) is 12.4. The topological polar surface area (TPSA) is 21.3 Å². The Bertz CT molecular complexity index is 450. The maximum atomic E-state index is 5.42. The van der Waals surface area contributed by atoms with Crippen LogP contribution in [0, 0.1) is 0 Å². The lowest BCUT2D eigenvalue weighted by molar-refractivity contribution is 0.401. The summed E-state index contributed by atoms with van der Waals surface area (Å²) in [5.74, 6) is 1.01. The third-order valence-electron chi connectivity index (χ3n) is 2.95. The Hall–Kier alpha value is -0.840. The summed E-state index contributed by atoms with van der Waals surface area (Å²) in [6, 6.07) is 4.65. The highest BCUT2D eigenvalue weighted by Crippen LogP contribution is 2.33. The van der Waals surface area contributed by atoms with Crippen LogP contribution in [0.2, 0.25) is 0 Å². The second kappa shape index (κ2) is 6.92. The second-order valence-corrected chi connectivity index (χ2v) is 5.86. The Labute approximate surface area is 117 Å². The monoisotopic (exact) mass is 281 g/mol. The summed E-state index contributed by atoms with van der Waals surface area (Å²) in [6.45, 7) is 3.13. The molecule has 2 aromatic heterocycles. The van der Waals surface area contributed by atoms with Crippen molar-refractivity contribution in [3.8, 4) is 5.75 Å². The fourth-order valence-electron chi connectivity index (χ4n) is 2.05. The van der Waals surface area contributed by atoms with Crippen molar-refractivity contribution in [2.75, 3.05) is 13.7 Å². The van der Waals surface area contributed by atoms with Crippen molar-refractivity contribution in [2.45, 2.75) is 25.8 Å². The van der Waals surface area contributed by atoms with Crippen LogP contribution < -0.4 is 10.1 Å². The van der Waals surface area contributed by atoms with Gasteiger partial charge in [0.25, 0.3) is 0 Å². The number of rotatable bonds is 7. The fraction of sp³-hybridized carbons (Fsp3) is 0.429. The highest BCUT2D eigenvalue weighted by atomic mass is 32.1. The van der Waals surface area contributed by atoms with Crippen LogP contribution in [0.1, 0.15) is 29.8 Å². The van der Waals surface area contributed by atoms with Crippen LogP contribution in [-0.2, 0) is 6.42 Å². The van der Waals surface area contributed by atoms with Crippen LogP contribution in [0.3, 0.4) is 0 Å². The van der Waals surface area contributed by atoms with E-state index in [9.17, 15) is 0 Å². The molecule has 0 saturated carbocycles. The van der Waals surface area contributed by atoms with E-state index >= 15 is 0 Å². The van der Waals surface area contributed by atoms with Crippen LogP contribution in [0.5, 0.6) is 5.75 Å². The maximum absolute atomic E-state index is 5.42. The minimum absolute atomic E-state index is 0.393. The van der Waals surface area contributed by atoms with Gasteiger partial charge in [0, 0.05) is 6.04 Å². The van der Waals surface area contributed by atoms with E-state index in [-0.39, 0.29) is 0 Å². The van der Waals surface area contributed by atoms with E-state index in [0.717, 1.165) is 25.1 Å². The molecule has 2 heterocycles. The second-order valence-electron chi connectivity index (χ2n) is 4.13. The molecule has 1 unspecified atom stereocenters. The molecule has 2 nitrogen and oxygen atoms in total. The average molecular weight is 281 g/mol. The predicted molar refractivity (Wildman–Crippen MR) is 79.9 cm³/mol. The summed E-state index contributed by atoms with van der Waals surface area (Å²) in [5, 5.41) is 10.0. The minimum atomic E-state index is 0.393. The van der Waals surface area contributed by atoms with E-state index in [1.165, 1.54) is 10.4 Å². The smallest absolute Gasteiger partial charge is 0.134 e. The number of hydrogen-bond acceptors (Lipinski definition) is 4. The average Bonchev–Trinajstić information content (AvgIpc) is 3.04. The molecule has 0 saturated heterocycles. The van der Waals surface area contributed by atoms with E-state index < -0.39 is 0 Å². The summed E-state index contributed by atoms with van der Waals surface area (Å²) in [6.07, 6.45) is 2.23. The molecule has 1 N–H and O–H groups in total. The Morgan fingerprint density at radius 3 is 2.89 bits per heavy atom.